The topological polar surface area (TPSA) is 17.1 Å². The molecule has 0 amide bonds. The van der Waals surface area contributed by atoms with Crippen molar-refractivity contribution >= 4 is 15.7 Å². The molecule has 108 valence electrons. The Morgan fingerprint density at radius 2 is 1.43 bits per heavy atom. The molecule has 0 bridgehead atoms. The van der Waals surface area contributed by atoms with Crippen LogP contribution in [0.4, 0.5) is 0 Å². The van der Waals surface area contributed by atoms with Gasteiger partial charge in [-0.1, -0.05) is 62.4 Å². The minimum absolute atomic E-state index is 0.764. The van der Waals surface area contributed by atoms with Crippen LogP contribution in [0.25, 0.3) is 4.91 Å². The highest BCUT2D eigenvalue weighted by Gasteiger charge is 2.12. The third-order valence-corrected chi connectivity index (χ3v) is 4.73. The van der Waals surface area contributed by atoms with E-state index in [9.17, 15) is 4.21 Å². The van der Waals surface area contributed by atoms with E-state index in [4.69, 9.17) is 0 Å². The maximum absolute atomic E-state index is 12.9. The van der Waals surface area contributed by atoms with Gasteiger partial charge in [0.25, 0.3) is 0 Å². The molecule has 0 saturated carbocycles. The Balaban J connectivity index is 2.58. The Labute approximate surface area is 129 Å². The van der Waals surface area contributed by atoms with Crippen LogP contribution in [0, 0.1) is 0 Å². The van der Waals surface area contributed by atoms with Crippen LogP contribution in [-0.2, 0) is 10.8 Å². The normalized spacial score (nSPS) is 11.5. The Morgan fingerprint density at radius 3 is 1.95 bits per heavy atom. The van der Waals surface area contributed by atoms with E-state index in [2.05, 4.69) is 19.6 Å². The number of allylic oxidation sites excluding steroid dienone is 1. The Kier molecular flexibility index (Phi) is 5.74. The first-order valence-corrected chi connectivity index (χ1v) is 8.42. The van der Waals surface area contributed by atoms with E-state index in [0.29, 0.717) is 0 Å². The van der Waals surface area contributed by atoms with E-state index in [1.807, 2.05) is 60.7 Å². The van der Waals surface area contributed by atoms with Crippen LogP contribution in [0.3, 0.4) is 0 Å². The fraction of sp³-hybridized carbons (Fsp3) is 0.211. The van der Waals surface area contributed by atoms with Crippen LogP contribution in [0.2, 0.25) is 0 Å². The number of hydrogen-bond donors (Lipinski definition) is 0. The summed E-state index contributed by atoms with van der Waals surface area (Å²) in [5.41, 5.74) is 5.57. The highest BCUT2D eigenvalue weighted by Crippen LogP contribution is 2.24. The van der Waals surface area contributed by atoms with E-state index in [0.717, 1.165) is 28.2 Å². The highest BCUT2D eigenvalue weighted by molar-refractivity contribution is 7.94. The van der Waals surface area contributed by atoms with Gasteiger partial charge < -0.3 is 0 Å². The van der Waals surface area contributed by atoms with Crippen molar-refractivity contribution in [2.24, 2.45) is 0 Å². The fourth-order valence-corrected chi connectivity index (χ4v) is 3.29. The number of rotatable bonds is 5. The third kappa shape index (κ3) is 4.04. The lowest BCUT2D eigenvalue weighted by atomic mass is 10.1. The summed E-state index contributed by atoms with van der Waals surface area (Å²) in [5.74, 6) is 0. The molecular formula is C19H20OS. The first-order valence-electron chi connectivity index (χ1n) is 7.27. The lowest BCUT2D eigenvalue weighted by Gasteiger charge is -2.07. The predicted molar refractivity (Wildman–Crippen MR) is 90.3 cm³/mol. The molecule has 0 aliphatic heterocycles. The molecule has 0 fully saturated rings. The van der Waals surface area contributed by atoms with Gasteiger partial charge in [-0.05, 0) is 36.1 Å². The quantitative estimate of drug-likeness (QED) is 0.695. The van der Waals surface area contributed by atoms with Crippen molar-refractivity contribution in [1.82, 2.24) is 0 Å². The Hall–Kier alpha value is -1.89. The summed E-state index contributed by atoms with van der Waals surface area (Å²) in [7, 11) is -1.21. The van der Waals surface area contributed by atoms with Gasteiger partial charge in [0.15, 0.2) is 0 Å². The summed E-state index contributed by atoms with van der Waals surface area (Å²) in [5, 5.41) is 0. The largest absolute Gasteiger partial charge is 0.248 e. The van der Waals surface area contributed by atoms with Crippen molar-refractivity contribution in [1.29, 1.82) is 0 Å². The highest BCUT2D eigenvalue weighted by atomic mass is 32.2. The van der Waals surface area contributed by atoms with Gasteiger partial charge in [0.05, 0.1) is 15.7 Å². The zero-order chi connectivity index (χ0) is 15.1. The van der Waals surface area contributed by atoms with E-state index >= 15 is 0 Å². The molecule has 0 radical (unpaired) electrons. The molecule has 0 N–H and O–H groups in total. The minimum Gasteiger partial charge on any atom is -0.248 e. The monoisotopic (exact) mass is 296 g/mol. The van der Waals surface area contributed by atoms with Crippen molar-refractivity contribution in [2.75, 3.05) is 0 Å². The Bertz CT molecular complexity index is 659. The lowest BCUT2D eigenvalue weighted by molar-refractivity contribution is 0.689. The number of benzene rings is 2. The third-order valence-electron chi connectivity index (χ3n) is 3.32. The molecule has 0 heterocycles. The van der Waals surface area contributed by atoms with Crippen molar-refractivity contribution < 1.29 is 4.21 Å². The molecule has 0 spiro atoms. The molecule has 1 nitrogen and oxygen atoms in total. The van der Waals surface area contributed by atoms with E-state index < -0.39 is 10.8 Å². The fourth-order valence-electron chi connectivity index (χ4n) is 2.06. The van der Waals surface area contributed by atoms with E-state index in [1.54, 1.807) is 0 Å². The Morgan fingerprint density at radius 1 is 0.905 bits per heavy atom. The first kappa shape index (κ1) is 15.5. The molecule has 2 heteroatoms. The van der Waals surface area contributed by atoms with Gasteiger partial charge in [-0.3, -0.25) is 0 Å². The van der Waals surface area contributed by atoms with Crippen LogP contribution >= 0.6 is 0 Å². The van der Waals surface area contributed by atoms with Crippen LogP contribution < -0.4 is 0 Å². The molecule has 1 unspecified atom stereocenters. The van der Waals surface area contributed by atoms with Gasteiger partial charge in [-0.25, -0.2) is 4.21 Å². The second kappa shape index (κ2) is 7.78. The smallest absolute Gasteiger partial charge is 0.0934 e. The molecule has 1 atom stereocenters. The SMILES string of the molecule is CCC(=C=C(c1ccccc1)S(=O)c1ccccc1)CC. The van der Waals surface area contributed by atoms with Gasteiger partial charge in [-0.2, -0.15) is 0 Å². The molecule has 2 rings (SSSR count). The standard InChI is InChI=1S/C19H20OS/c1-3-16(4-2)15-19(17-11-7-5-8-12-17)21(20)18-13-9-6-10-14-18/h5-14H,3-4H2,1-2H3. The summed E-state index contributed by atoms with van der Waals surface area (Å²) in [6, 6.07) is 19.5. The summed E-state index contributed by atoms with van der Waals surface area (Å²) < 4.78 is 12.9. The van der Waals surface area contributed by atoms with Gasteiger partial charge in [0, 0.05) is 4.90 Å². The maximum Gasteiger partial charge on any atom is 0.0934 e. The molecule has 0 aliphatic rings. The van der Waals surface area contributed by atoms with Gasteiger partial charge in [0.1, 0.15) is 0 Å². The van der Waals surface area contributed by atoms with Crippen molar-refractivity contribution in [2.45, 2.75) is 31.6 Å². The lowest BCUT2D eigenvalue weighted by Crippen LogP contribution is -1.95. The number of hydrogen-bond acceptors (Lipinski definition) is 1. The molecule has 2 aromatic carbocycles. The molecule has 0 aliphatic carbocycles. The summed E-state index contributed by atoms with van der Waals surface area (Å²) in [6.07, 6.45) is 1.86. The van der Waals surface area contributed by atoms with E-state index in [-0.39, 0.29) is 0 Å². The predicted octanol–water partition coefficient (Wildman–Crippen LogP) is 5.18. The molecular weight excluding hydrogens is 276 g/mol. The zero-order valence-corrected chi connectivity index (χ0v) is 13.3. The molecule has 2 aromatic rings. The van der Waals surface area contributed by atoms with Crippen molar-refractivity contribution in [3.8, 4) is 0 Å². The zero-order valence-electron chi connectivity index (χ0n) is 12.5. The van der Waals surface area contributed by atoms with Gasteiger partial charge >= 0.3 is 0 Å². The van der Waals surface area contributed by atoms with Crippen LogP contribution in [0.5, 0.6) is 0 Å². The van der Waals surface area contributed by atoms with Crippen LogP contribution in [-0.4, -0.2) is 4.21 Å². The van der Waals surface area contributed by atoms with Crippen LogP contribution in [0.1, 0.15) is 32.3 Å². The maximum atomic E-state index is 12.9. The summed E-state index contributed by atoms with van der Waals surface area (Å²) in [6.45, 7) is 4.22. The van der Waals surface area contributed by atoms with Gasteiger partial charge in [0.2, 0.25) is 0 Å². The second-order valence-electron chi connectivity index (χ2n) is 4.71. The van der Waals surface area contributed by atoms with Crippen molar-refractivity contribution in [3.63, 3.8) is 0 Å². The molecule has 21 heavy (non-hydrogen) atoms. The molecule has 0 saturated heterocycles. The van der Waals surface area contributed by atoms with E-state index in [1.165, 1.54) is 5.57 Å². The first-order chi connectivity index (χ1) is 10.3. The van der Waals surface area contributed by atoms with Crippen LogP contribution in [0.15, 0.2) is 76.9 Å². The van der Waals surface area contributed by atoms with Gasteiger partial charge in [-0.15, -0.1) is 5.73 Å². The summed E-state index contributed by atoms with van der Waals surface area (Å²) >= 11 is 0. The minimum atomic E-state index is -1.21. The average Bonchev–Trinajstić information content (AvgIpc) is 2.57. The molecule has 0 aromatic heterocycles. The van der Waals surface area contributed by atoms with Crippen molar-refractivity contribution in [3.05, 3.63) is 77.5 Å². The summed E-state index contributed by atoms with van der Waals surface area (Å²) in [4.78, 5) is 1.58. The second-order valence-corrected chi connectivity index (χ2v) is 6.13. The average molecular weight is 296 g/mol.